The lowest BCUT2D eigenvalue weighted by atomic mass is 10.0. The van der Waals surface area contributed by atoms with Gasteiger partial charge in [-0.25, -0.2) is 4.57 Å². The summed E-state index contributed by atoms with van der Waals surface area (Å²) in [6.45, 7) is 3.82. The highest BCUT2D eigenvalue weighted by Crippen LogP contribution is 2.43. The molecule has 0 bridgehead atoms. The minimum absolute atomic E-state index is 0.0565. The molecule has 0 aliphatic carbocycles. The maximum absolute atomic E-state index is 12.8. The number of hydrogen-bond donors (Lipinski definition) is 2. The first-order chi connectivity index (χ1) is 41.3. The Morgan fingerprint density at radius 1 is 0.357 bits per heavy atom. The Balaban J connectivity index is 3.76. The van der Waals surface area contributed by atoms with Crippen molar-refractivity contribution in [1.82, 2.24) is 0 Å². The van der Waals surface area contributed by atoms with Gasteiger partial charge in [-0.15, -0.1) is 0 Å². The van der Waals surface area contributed by atoms with Gasteiger partial charge in [0.05, 0.1) is 13.2 Å². The minimum Gasteiger partial charge on any atom is -0.462 e. The lowest BCUT2D eigenvalue weighted by Gasteiger charge is -2.19. The summed E-state index contributed by atoms with van der Waals surface area (Å²) in [4.78, 5) is 35.4. The third-order valence-electron chi connectivity index (χ3n) is 17.1. The number of carbonyl (C=O) groups excluding carboxylic acids is 2. The number of rotatable bonds is 72. The van der Waals surface area contributed by atoms with Crippen LogP contribution in [-0.2, 0) is 32.7 Å². The number of hydrogen-bond acceptors (Lipinski definition) is 8. The van der Waals surface area contributed by atoms with Crippen LogP contribution in [0.25, 0.3) is 0 Å². The van der Waals surface area contributed by atoms with Crippen molar-refractivity contribution < 1.29 is 37.6 Å². The molecule has 0 saturated heterocycles. The molecule has 0 saturated carbocycles. The van der Waals surface area contributed by atoms with E-state index in [0.717, 1.165) is 38.5 Å². The number of carbonyl (C=O) groups is 2. The van der Waals surface area contributed by atoms with Gasteiger partial charge in [-0.1, -0.05) is 372 Å². The quantitative estimate of drug-likeness (QED) is 0.0264. The Labute approximate surface area is 522 Å². The molecule has 0 spiro atoms. The van der Waals surface area contributed by atoms with Crippen LogP contribution in [0.1, 0.15) is 406 Å². The maximum atomic E-state index is 12.8. The average Bonchev–Trinajstić information content (AvgIpc) is 3.58. The van der Waals surface area contributed by atoms with Crippen LogP contribution in [0.2, 0.25) is 0 Å². The van der Waals surface area contributed by atoms with Gasteiger partial charge in [0, 0.05) is 19.4 Å². The van der Waals surface area contributed by atoms with Crippen LogP contribution in [0.4, 0.5) is 0 Å². The third-order valence-corrected chi connectivity index (χ3v) is 18.1. The number of phosphoric ester groups is 1. The predicted octanol–water partition coefficient (Wildman–Crippen LogP) is 24.5. The van der Waals surface area contributed by atoms with Crippen molar-refractivity contribution in [3.05, 3.63) is 24.3 Å². The van der Waals surface area contributed by atoms with Gasteiger partial charge in [0.25, 0.3) is 0 Å². The van der Waals surface area contributed by atoms with E-state index in [1.807, 2.05) is 0 Å². The number of ether oxygens (including phenoxy) is 2. The van der Waals surface area contributed by atoms with Crippen LogP contribution >= 0.6 is 7.82 Å². The van der Waals surface area contributed by atoms with Gasteiger partial charge in [-0.2, -0.15) is 0 Å². The van der Waals surface area contributed by atoms with E-state index in [1.54, 1.807) is 0 Å². The molecular weight excluding hydrogens is 1060 g/mol. The topological polar surface area (TPSA) is 134 Å². The number of esters is 2. The summed E-state index contributed by atoms with van der Waals surface area (Å²) >= 11 is 0. The number of phosphoric acid groups is 1. The summed E-state index contributed by atoms with van der Waals surface area (Å²) in [5.41, 5.74) is 5.41. The van der Waals surface area contributed by atoms with Gasteiger partial charge in [0.2, 0.25) is 0 Å². The molecule has 2 unspecified atom stereocenters. The summed E-state index contributed by atoms with van der Waals surface area (Å²) in [7, 11) is -4.39. The second kappa shape index (κ2) is 70.6. The number of unbranched alkanes of at least 4 members (excludes halogenated alkanes) is 55. The number of nitrogens with two attached hydrogens (primary N) is 1. The van der Waals surface area contributed by atoms with E-state index in [1.165, 1.54) is 334 Å². The second-order valence-corrected chi connectivity index (χ2v) is 27.0. The highest BCUT2D eigenvalue weighted by Gasteiger charge is 2.26. The lowest BCUT2D eigenvalue weighted by Crippen LogP contribution is -2.29. The highest BCUT2D eigenvalue weighted by atomic mass is 31.2. The summed E-state index contributed by atoms with van der Waals surface area (Å²) in [6, 6.07) is 0. The normalized spacial score (nSPS) is 13.0. The van der Waals surface area contributed by atoms with Gasteiger partial charge in [0.15, 0.2) is 6.10 Å². The molecule has 498 valence electrons. The molecule has 0 fully saturated rings. The van der Waals surface area contributed by atoms with Crippen molar-refractivity contribution in [3.8, 4) is 0 Å². The molecule has 0 amide bonds. The summed E-state index contributed by atoms with van der Waals surface area (Å²) in [6.07, 6.45) is 87.3. The molecule has 0 aromatic heterocycles. The molecule has 0 aliphatic rings. The summed E-state index contributed by atoms with van der Waals surface area (Å²) < 4.78 is 33.2. The van der Waals surface area contributed by atoms with E-state index < -0.39 is 26.5 Å². The van der Waals surface area contributed by atoms with Gasteiger partial charge >= 0.3 is 19.8 Å². The van der Waals surface area contributed by atoms with Crippen LogP contribution in [0, 0.1) is 0 Å². The van der Waals surface area contributed by atoms with Crippen LogP contribution < -0.4 is 5.73 Å². The van der Waals surface area contributed by atoms with E-state index >= 15 is 0 Å². The molecule has 0 aliphatic heterocycles. The molecule has 84 heavy (non-hydrogen) atoms. The minimum atomic E-state index is -4.39. The Kier molecular flexibility index (Phi) is 69.3. The molecule has 3 N–H and O–H groups in total. The molecule has 0 radical (unpaired) electrons. The fourth-order valence-electron chi connectivity index (χ4n) is 11.6. The predicted molar refractivity (Wildman–Crippen MR) is 363 cm³/mol. The largest absolute Gasteiger partial charge is 0.472 e. The molecule has 0 rings (SSSR count). The molecule has 0 aromatic rings. The van der Waals surface area contributed by atoms with Crippen LogP contribution in [0.5, 0.6) is 0 Å². The van der Waals surface area contributed by atoms with E-state index in [0.29, 0.717) is 6.42 Å². The fraction of sp³-hybridized carbons (Fsp3) is 0.919. The van der Waals surface area contributed by atoms with Crippen molar-refractivity contribution in [2.45, 2.75) is 412 Å². The van der Waals surface area contributed by atoms with Crippen molar-refractivity contribution >= 4 is 19.8 Å². The fourth-order valence-corrected chi connectivity index (χ4v) is 12.3. The standard InChI is InChI=1S/C74H144NO8P/c1-3-5-7-9-11-13-15-17-19-21-23-25-27-29-31-32-33-34-35-36-37-38-39-41-42-44-46-48-50-52-54-56-58-60-62-64-66-73(76)80-70-72(71-82-84(78,79)81-69-68-75)83-74(77)67-65-63-61-59-57-55-53-51-49-47-45-43-40-30-28-26-24-22-20-18-16-14-12-10-8-6-4-2/h16,18,22,24,72H,3-15,17,19-21,23,25-71,75H2,1-2H3,(H,78,79)/b18-16-,24-22-. The van der Waals surface area contributed by atoms with Crippen molar-refractivity contribution in [3.63, 3.8) is 0 Å². The zero-order valence-corrected chi connectivity index (χ0v) is 57.1. The van der Waals surface area contributed by atoms with E-state index in [-0.39, 0.29) is 38.6 Å². The Morgan fingerprint density at radius 2 is 0.619 bits per heavy atom. The van der Waals surface area contributed by atoms with Crippen molar-refractivity contribution in [1.29, 1.82) is 0 Å². The summed E-state index contributed by atoms with van der Waals surface area (Å²) in [5.74, 6) is -0.803. The Bertz CT molecular complexity index is 1430. The summed E-state index contributed by atoms with van der Waals surface area (Å²) in [5, 5.41) is 0. The smallest absolute Gasteiger partial charge is 0.462 e. The molecule has 2 atom stereocenters. The van der Waals surface area contributed by atoms with E-state index in [4.69, 9.17) is 24.3 Å². The molecule has 0 heterocycles. The highest BCUT2D eigenvalue weighted by molar-refractivity contribution is 7.47. The van der Waals surface area contributed by atoms with Gasteiger partial charge < -0.3 is 20.1 Å². The monoisotopic (exact) mass is 1210 g/mol. The Morgan fingerprint density at radius 3 is 0.905 bits per heavy atom. The van der Waals surface area contributed by atoms with Crippen LogP contribution in [0.15, 0.2) is 24.3 Å². The SMILES string of the molecule is CCCCCCC/C=C\C/C=C\CCCCCCCCCCCCCCCCCC(=O)OC(COC(=O)CCCCCCCCCCCCCCCCCCCCCCCCCCCCCCCCCCCCCC)COP(=O)(O)OCCN. The second-order valence-electron chi connectivity index (χ2n) is 25.5. The Hall–Kier alpha value is -1.51. The van der Waals surface area contributed by atoms with Crippen molar-refractivity contribution in [2.24, 2.45) is 5.73 Å². The zero-order valence-electron chi connectivity index (χ0n) is 56.2. The van der Waals surface area contributed by atoms with Crippen LogP contribution in [0.3, 0.4) is 0 Å². The maximum Gasteiger partial charge on any atom is 0.472 e. The molecule has 10 heteroatoms. The first kappa shape index (κ1) is 82.5. The first-order valence-corrected chi connectivity index (χ1v) is 38.8. The lowest BCUT2D eigenvalue weighted by molar-refractivity contribution is -0.161. The molecule has 9 nitrogen and oxygen atoms in total. The zero-order chi connectivity index (χ0) is 60.9. The molecular formula is C74H144NO8P. The molecule has 0 aromatic carbocycles. The first-order valence-electron chi connectivity index (χ1n) is 37.3. The van der Waals surface area contributed by atoms with E-state index in [2.05, 4.69) is 38.2 Å². The van der Waals surface area contributed by atoms with Gasteiger partial charge in [-0.05, 0) is 44.9 Å². The van der Waals surface area contributed by atoms with Gasteiger partial charge in [-0.3, -0.25) is 18.6 Å². The van der Waals surface area contributed by atoms with E-state index in [9.17, 15) is 19.0 Å². The number of allylic oxidation sites excluding steroid dienone is 4. The average molecular weight is 1210 g/mol. The third kappa shape index (κ3) is 69.6. The van der Waals surface area contributed by atoms with Gasteiger partial charge in [0.1, 0.15) is 6.61 Å². The van der Waals surface area contributed by atoms with Crippen molar-refractivity contribution in [2.75, 3.05) is 26.4 Å². The van der Waals surface area contributed by atoms with Crippen LogP contribution in [-0.4, -0.2) is 49.3 Å².